The van der Waals surface area contributed by atoms with Gasteiger partial charge in [-0.15, -0.1) is 0 Å². The molecule has 0 aliphatic carbocycles. The Morgan fingerprint density at radius 3 is 2.56 bits per heavy atom. The number of nitrogens with two attached hydrogens (primary N) is 1. The number of fused-ring (bicyclic) bond motifs is 1. The molecular formula is C29H41BrN6O2Si. The number of benzene rings is 1. The van der Waals surface area contributed by atoms with E-state index in [0.29, 0.717) is 5.84 Å². The van der Waals surface area contributed by atoms with Gasteiger partial charge in [-0.2, -0.15) is 5.10 Å². The van der Waals surface area contributed by atoms with Gasteiger partial charge in [0.15, 0.2) is 0 Å². The monoisotopic (exact) mass is 612 g/mol. The molecule has 1 aliphatic rings. The van der Waals surface area contributed by atoms with E-state index >= 15 is 0 Å². The predicted molar refractivity (Wildman–Crippen MR) is 166 cm³/mol. The first-order chi connectivity index (χ1) is 18.3. The van der Waals surface area contributed by atoms with Crippen LogP contribution >= 0.6 is 15.9 Å². The van der Waals surface area contributed by atoms with Crippen LogP contribution in [0.2, 0.25) is 18.1 Å². The van der Waals surface area contributed by atoms with Gasteiger partial charge in [-0.25, -0.2) is 9.51 Å². The zero-order valence-electron chi connectivity index (χ0n) is 24.1. The largest absolute Gasteiger partial charge is 0.543 e. The summed E-state index contributed by atoms with van der Waals surface area (Å²) >= 11 is 3.58. The van der Waals surface area contributed by atoms with Gasteiger partial charge in [-0.3, -0.25) is 4.79 Å². The van der Waals surface area contributed by atoms with E-state index in [2.05, 4.69) is 73.2 Å². The summed E-state index contributed by atoms with van der Waals surface area (Å²) in [5, 5.41) is 8.42. The summed E-state index contributed by atoms with van der Waals surface area (Å²) in [5.41, 5.74) is 11.2. The molecule has 10 heteroatoms. The molecule has 8 nitrogen and oxygen atoms in total. The van der Waals surface area contributed by atoms with Crippen molar-refractivity contribution in [2.45, 2.75) is 78.1 Å². The Hall–Kier alpha value is -2.85. The van der Waals surface area contributed by atoms with Crippen LogP contribution in [0.4, 0.5) is 11.4 Å². The predicted octanol–water partition coefficient (Wildman–Crippen LogP) is 6.50. The topological polar surface area (TPSA) is 97.2 Å². The van der Waals surface area contributed by atoms with Gasteiger partial charge in [0, 0.05) is 36.7 Å². The second kappa shape index (κ2) is 11.3. The third-order valence-electron chi connectivity index (χ3n) is 8.02. The summed E-state index contributed by atoms with van der Waals surface area (Å²) in [5.74, 6) is 1.41. The number of nitrogens with one attached hydrogen (secondary N) is 1. The second-order valence-corrected chi connectivity index (χ2v) is 17.5. The summed E-state index contributed by atoms with van der Waals surface area (Å²) < 4.78 is 9.30. The van der Waals surface area contributed by atoms with E-state index in [4.69, 9.17) is 15.2 Å². The summed E-state index contributed by atoms with van der Waals surface area (Å²) in [6, 6.07) is 8.34. The quantitative estimate of drug-likeness (QED) is 0.180. The standard InChI is InChI=1S/C29H41BrN6O2Si/c1-8-20-15-23(38-39(6,7)29(3,4)5)9-10-25(20)34-28(31)24-17-32-36-18-21(30)16-26(36)27(24)33-22-11-13-35(14-12-22)19(2)37/h9-10,15-18,22,33H,8,11-14H2,1-7H3,(H2,31,34). The third-order valence-corrected chi connectivity index (χ3v) is 12.8. The first kappa shape index (κ1) is 29.1. The molecule has 0 radical (unpaired) electrons. The van der Waals surface area contributed by atoms with Crippen LogP contribution < -0.4 is 15.5 Å². The fourth-order valence-corrected chi connectivity index (χ4v) is 6.00. The van der Waals surface area contributed by atoms with Crippen molar-refractivity contribution in [3.8, 4) is 5.75 Å². The van der Waals surface area contributed by atoms with Crippen LogP contribution in [0.25, 0.3) is 5.52 Å². The Balaban J connectivity index is 1.66. The lowest BCUT2D eigenvalue weighted by atomic mass is 10.0. The van der Waals surface area contributed by atoms with Crippen LogP contribution in [0, 0.1) is 0 Å². The van der Waals surface area contributed by atoms with Crippen molar-refractivity contribution in [2.24, 2.45) is 10.7 Å². The lowest BCUT2D eigenvalue weighted by Crippen LogP contribution is -2.43. The molecule has 1 amide bonds. The number of carbonyl (C=O) groups excluding carboxylic acids is 1. The SMILES string of the molecule is CCc1cc(O[Si](C)(C)C(C)(C)C)ccc1/N=C(\N)c1cnn2cc(Br)cc2c1NC1CCN(C(C)=O)CC1. The van der Waals surface area contributed by atoms with E-state index in [9.17, 15) is 4.79 Å². The number of hydrogen-bond donors (Lipinski definition) is 2. The second-order valence-electron chi connectivity index (χ2n) is 11.8. The molecule has 1 aromatic carbocycles. The molecule has 210 valence electrons. The fraction of sp³-hybridized carbons (Fsp3) is 0.483. The van der Waals surface area contributed by atoms with E-state index in [1.165, 1.54) is 0 Å². The highest BCUT2D eigenvalue weighted by Crippen LogP contribution is 2.38. The molecule has 2 aromatic heterocycles. The highest BCUT2D eigenvalue weighted by Gasteiger charge is 2.39. The Kier molecular flexibility index (Phi) is 8.46. The number of likely N-dealkylation sites (tertiary alicyclic amines) is 1. The molecule has 0 spiro atoms. The lowest BCUT2D eigenvalue weighted by molar-refractivity contribution is -0.129. The molecule has 1 aliphatic heterocycles. The molecule has 39 heavy (non-hydrogen) atoms. The van der Waals surface area contributed by atoms with Crippen LogP contribution in [-0.4, -0.2) is 53.7 Å². The summed E-state index contributed by atoms with van der Waals surface area (Å²) in [4.78, 5) is 18.6. The van der Waals surface area contributed by atoms with Crippen LogP contribution in [-0.2, 0) is 11.2 Å². The normalized spacial score (nSPS) is 15.6. The van der Waals surface area contributed by atoms with Gasteiger partial charge < -0.3 is 20.4 Å². The zero-order valence-corrected chi connectivity index (χ0v) is 26.7. The number of piperidine rings is 1. The fourth-order valence-electron chi connectivity index (χ4n) is 4.57. The van der Waals surface area contributed by atoms with Crippen LogP contribution in [0.1, 0.15) is 58.6 Å². The van der Waals surface area contributed by atoms with Gasteiger partial charge in [0.25, 0.3) is 0 Å². The Labute approximate surface area is 241 Å². The molecule has 0 bridgehead atoms. The Morgan fingerprint density at radius 2 is 1.95 bits per heavy atom. The van der Waals surface area contributed by atoms with E-state index in [1.54, 1.807) is 13.1 Å². The lowest BCUT2D eigenvalue weighted by Gasteiger charge is -2.36. The number of halogens is 1. The van der Waals surface area contributed by atoms with Gasteiger partial charge in [-0.1, -0.05) is 27.7 Å². The number of nitrogens with zero attached hydrogens (tertiary/aromatic N) is 4. The highest BCUT2D eigenvalue weighted by atomic mass is 79.9. The molecule has 1 fully saturated rings. The number of aryl methyl sites for hydroxylation is 1. The zero-order chi connectivity index (χ0) is 28.5. The van der Waals surface area contributed by atoms with Crippen molar-refractivity contribution >= 4 is 52.9 Å². The average Bonchev–Trinajstić information content (AvgIpc) is 3.25. The van der Waals surface area contributed by atoms with Gasteiger partial charge in [0.1, 0.15) is 11.6 Å². The summed E-state index contributed by atoms with van der Waals surface area (Å²) in [7, 11) is -1.95. The van der Waals surface area contributed by atoms with Gasteiger partial charge >= 0.3 is 0 Å². The number of aromatic nitrogens is 2. The van der Waals surface area contributed by atoms with Crippen molar-refractivity contribution in [2.75, 3.05) is 18.4 Å². The van der Waals surface area contributed by atoms with E-state index in [-0.39, 0.29) is 17.0 Å². The van der Waals surface area contributed by atoms with E-state index < -0.39 is 8.32 Å². The number of amides is 1. The van der Waals surface area contributed by atoms with Gasteiger partial charge in [-0.05, 0) is 83.2 Å². The molecule has 3 N–H and O–H groups in total. The number of aliphatic imine (C=N–C) groups is 1. The average molecular weight is 614 g/mol. The van der Waals surface area contributed by atoms with E-state index in [1.807, 2.05) is 33.8 Å². The molecule has 1 saturated heterocycles. The third kappa shape index (κ3) is 6.49. The Bertz CT molecular complexity index is 1390. The van der Waals surface area contributed by atoms with Gasteiger partial charge in [0.2, 0.25) is 14.2 Å². The number of amidine groups is 1. The minimum absolute atomic E-state index is 0.117. The molecular weight excluding hydrogens is 572 g/mol. The van der Waals surface area contributed by atoms with Crippen molar-refractivity contribution in [3.05, 3.63) is 52.3 Å². The van der Waals surface area contributed by atoms with Crippen LogP contribution in [0.15, 0.2) is 46.1 Å². The maximum atomic E-state index is 11.8. The Morgan fingerprint density at radius 1 is 1.26 bits per heavy atom. The minimum Gasteiger partial charge on any atom is -0.543 e. The van der Waals surface area contributed by atoms with Crippen LogP contribution in [0.3, 0.4) is 0 Å². The molecule has 4 rings (SSSR count). The van der Waals surface area contributed by atoms with Crippen molar-refractivity contribution in [1.82, 2.24) is 14.5 Å². The number of anilines is 1. The number of rotatable bonds is 7. The minimum atomic E-state index is -1.95. The number of hydrogen-bond acceptors (Lipinski definition) is 5. The number of carbonyl (C=O) groups is 1. The first-order valence-corrected chi connectivity index (χ1v) is 17.3. The molecule has 0 unspecified atom stereocenters. The molecule has 3 heterocycles. The van der Waals surface area contributed by atoms with Crippen molar-refractivity contribution < 1.29 is 9.22 Å². The summed E-state index contributed by atoms with van der Waals surface area (Å²) in [6.07, 6.45) is 6.23. The maximum Gasteiger partial charge on any atom is 0.250 e. The molecule has 0 atom stereocenters. The summed E-state index contributed by atoms with van der Waals surface area (Å²) in [6.45, 7) is 16.5. The first-order valence-electron chi connectivity index (χ1n) is 13.6. The van der Waals surface area contributed by atoms with E-state index in [0.717, 1.165) is 70.6 Å². The molecule has 3 aromatic rings. The van der Waals surface area contributed by atoms with Gasteiger partial charge in [0.05, 0.1) is 28.7 Å². The highest BCUT2D eigenvalue weighted by molar-refractivity contribution is 9.10. The smallest absolute Gasteiger partial charge is 0.250 e. The van der Waals surface area contributed by atoms with Crippen molar-refractivity contribution in [3.63, 3.8) is 0 Å². The molecule has 0 saturated carbocycles. The van der Waals surface area contributed by atoms with Crippen molar-refractivity contribution in [1.29, 1.82) is 0 Å². The van der Waals surface area contributed by atoms with Crippen LogP contribution in [0.5, 0.6) is 5.75 Å². The maximum absolute atomic E-state index is 11.8.